The first-order valence-corrected chi connectivity index (χ1v) is 8.73. The Balaban J connectivity index is 1.87. The molecule has 0 aliphatic heterocycles. The van der Waals surface area contributed by atoms with E-state index in [9.17, 15) is 0 Å². The van der Waals surface area contributed by atoms with E-state index in [1.54, 1.807) is 9.58 Å². The van der Waals surface area contributed by atoms with Gasteiger partial charge in [-0.05, 0) is 26.8 Å². The van der Waals surface area contributed by atoms with Crippen molar-refractivity contribution in [2.24, 2.45) is 0 Å². The molecule has 138 valence electrons. The van der Waals surface area contributed by atoms with Crippen LogP contribution >= 0.6 is 11.8 Å². The van der Waals surface area contributed by atoms with Gasteiger partial charge in [0.25, 0.3) is 5.95 Å². The second kappa shape index (κ2) is 6.78. The van der Waals surface area contributed by atoms with Crippen LogP contribution in [0.4, 0.5) is 11.9 Å². The fourth-order valence-electron chi connectivity index (χ4n) is 2.32. The Hall–Kier alpha value is -2.89. The first-order chi connectivity index (χ1) is 12.3. The van der Waals surface area contributed by atoms with Crippen LogP contribution in [0, 0.1) is 13.8 Å². The highest BCUT2D eigenvalue weighted by Crippen LogP contribution is 2.32. The summed E-state index contributed by atoms with van der Waals surface area (Å²) in [6.07, 6.45) is 0. The lowest BCUT2D eigenvalue weighted by molar-refractivity contribution is 0.726. The predicted octanol–water partition coefficient (Wildman–Crippen LogP) is 0.481. The molecule has 12 heteroatoms. The molecule has 0 saturated carbocycles. The van der Waals surface area contributed by atoms with E-state index < -0.39 is 0 Å². The van der Waals surface area contributed by atoms with Gasteiger partial charge in [0.15, 0.2) is 0 Å². The molecular weight excluding hydrogens is 354 g/mol. The van der Waals surface area contributed by atoms with Gasteiger partial charge in [0.1, 0.15) is 5.82 Å². The topological polar surface area (TPSA) is 142 Å². The minimum absolute atomic E-state index is 0.154. The van der Waals surface area contributed by atoms with E-state index in [4.69, 9.17) is 11.6 Å². The zero-order valence-corrected chi connectivity index (χ0v) is 16.1. The molecule has 1 unspecified atom stereocenters. The standard InChI is InChI=1S/C14H21N11S/c1-7-6-8(2)25(22-7)13-20-21-14(24(13)16)26-9(3)10-17-11(15)19-12(18-10)23(4)5/h6,9H,16H2,1-5H3,(H2,15,17,18,19). The molecular formula is C14H21N11S. The summed E-state index contributed by atoms with van der Waals surface area (Å²) in [7, 11) is 3.68. The Kier molecular flexibility index (Phi) is 4.68. The van der Waals surface area contributed by atoms with Crippen molar-refractivity contribution in [3.05, 3.63) is 23.3 Å². The quantitative estimate of drug-likeness (QED) is 0.477. The van der Waals surface area contributed by atoms with Crippen LogP contribution in [0.1, 0.15) is 29.4 Å². The molecule has 0 fully saturated rings. The Morgan fingerprint density at radius 1 is 1.15 bits per heavy atom. The number of nitrogens with zero attached hydrogens (tertiary/aromatic N) is 9. The van der Waals surface area contributed by atoms with Crippen molar-refractivity contribution in [2.75, 3.05) is 30.6 Å². The summed E-state index contributed by atoms with van der Waals surface area (Å²) in [5, 5.41) is 13.1. The summed E-state index contributed by atoms with van der Waals surface area (Å²) in [6.45, 7) is 5.78. The molecule has 0 saturated heterocycles. The molecule has 0 amide bonds. The zero-order chi connectivity index (χ0) is 19.0. The molecule has 0 spiro atoms. The summed E-state index contributed by atoms with van der Waals surface area (Å²) >= 11 is 1.38. The molecule has 0 bridgehead atoms. The van der Waals surface area contributed by atoms with Gasteiger partial charge in [0.05, 0.1) is 10.9 Å². The van der Waals surface area contributed by atoms with Crippen molar-refractivity contribution in [3.63, 3.8) is 0 Å². The van der Waals surface area contributed by atoms with Gasteiger partial charge in [-0.25, -0.2) is 9.36 Å². The molecule has 4 N–H and O–H groups in total. The summed E-state index contributed by atoms with van der Waals surface area (Å²) in [6, 6.07) is 1.94. The molecule has 1 atom stereocenters. The third-order valence-corrected chi connectivity index (χ3v) is 4.60. The van der Waals surface area contributed by atoms with Crippen LogP contribution < -0.4 is 16.5 Å². The van der Waals surface area contributed by atoms with E-state index in [0.717, 1.165) is 11.4 Å². The smallest absolute Gasteiger partial charge is 0.271 e. The summed E-state index contributed by atoms with van der Waals surface area (Å²) in [5.41, 5.74) is 7.59. The van der Waals surface area contributed by atoms with Gasteiger partial charge in [-0.1, -0.05) is 11.8 Å². The lowest BCUT2D eigenvalue weighted by Crippen LogP contribution is -2.18. The van der Waals surface area contributed by atoms with Crippen molar-refractivity contribution in [1.82, 2.24) is 39.6 Å². The van der Waals surface area contributed by atoms with Crippen molar-refractivity contribution in [2.45, 2.75) is 31.2 Å². The van der Waals surface area contributed by atoms with E-state index >= 15 is 0 Å². The number of thioether (sulfide) groups is 1. The van der Waals surface area contributed by atoms with Crippen LogP contribution in [0.5, 0.6) is 0 Å². The molecule has 0 aliphatic carbocycles. The third-order valence-electron chi connectivity index (χ3n) is 3.55. The highest BCUT2D eigenvalue weighted by atomic mass is 32.2. The number of nitrogen functional groups attached to an aromatic ring is 2. The Labute approximate surface area is 154 Å². The summed E-state index contributed by atoms with van der Waals surface area (Å²) in [4.78, 5) is 14.5. The lowest BCUT2D eigenvalue weighted by atomic mass is 10.4. The minimum atomic E-state index is -0.154. The fourth-order valence-corrected chi connectivity index (χ4v) is 3.13. The molecule has 3 heterocycles. The number of aryl methyl sites for hydroxylation is 2. The van der Waals surface area contributed by atoms with Crippen molar-refractivity contribution < 1.29 is 0 Å². The number of aromatic nitrogens is 8. The highest BCUT2D eigenvalue weighted by Gasteiger charge is 2.20. The second-order valence-corrected chi connectivity index (χ2v) is 7.31. The number of hydrogen-bond acceptors (Lipinski definition) is 10. The van der Waals surface area contributed by atoms with E-state index in [0.29, 0.717) is 22.9 Å². The largest absolute Gasteiger partial charge is 0.368 e. The first kappa shape index (κ1) is 17.9. The van der Waals surface area contributed by atoms with Gasteiger partial charge in [0.2, 0.25) is 17.1 Å². The Bertz CT molecular complexity index is 929. The lowest BCUT2D eigenvalue weighted by Gasteiger charge is -2.14. The maximum absolute atomic E-state index is 6.17. The SMILES string of the molecule is Cc1cc(C)n(-c2nnc(SC(C)c3nc(N)nc(N(C)C)n3)n2N)n1. The van der Waals surface area contributed by atoms with Crippen molar-refractivity contribution >= 4 is 23.7 Å². The maximum atomic E-state index is 6.17. The van der Waals surface area contributed by atoms with E-state index in [1.165, 1.54) is 16.4 Å². The average molecular weight is 375 g/mol. The monoisotopic (exact) mass is 375 g/mol. The fraction of sp³-hybridized carbons (Fsp3) is 0.429. The molecule has 0 aromatic carbocycles. The predicted molar refractivity (Wildman–Crippen MR) is 99.6 cm³/mol. The number of anilines is 2. The van der Waals surface area contributed by atoms with Gasteiger partial charge in [-0.15, -0.1) is 10.2 Å². The molecule has 26 heavy (non-hydrogen) atoms. The van der Waals surface area contributed by atoms with Crippen molar-refractivity contribution in [3.8, 4) is 5.95 Å². The first-order valence-electron chi connectivity index (χ1n) is 7.85. The van der Waals surface area contributed by atoms with E-state index in [1.807, 2.05) is 40.9 Å². The molecule has 3 rings (SSSR count). The molecule has 11 nitrogen and oxygen atoms in total. The zero-order valence-electron chi connectivity index (χ0n) is 15.2. The average Bonchev–Trinajstić information content (AvgIpc) is 3.08. The van der Waals surface area contributed by atoms with E-state index in [-0.39, 0.29) is 11.2 Å². The molecule has 3 aromatic heterocycles. The van der Waals surface area contributed by atoms with Crippen molar-refractivity contribution in [1.29, 1.82) is 0 Å². The van der Waals surface area contributed by atoms with Gasteiger partial charge in [-0.2, -0.15) is 20.1 Å². The van der Waals surface area contributed by atoms with Crippen LogP contribution in [0.3, 0.4) is 0 Å². The minimum Gasteiger partial charge on any atom is -0.368 e. The molecule has 0 aliphatic rings. The van der Waals surface area contributed by atoms with Crippen LogP contribution in [-0.4, -0.2) is 53.7 Å². The Morgan fingerprint density at radius 2 is 1.88 bits per heavy atom. The number of rotatable bonds is 5. The van der Waals surface area contributed by atoms with Gasteiger partial charge in [0, 0.05) is 19.8 Å². The van der Waals surface area contributed by atoms with Crippen LogP contribution in [0.2, 0.25) is 0 Å². The van der Waals surface area contributed by atoms with Crippen LogP contribution in [0.25, 0.3) is 5.95 Å². The Morgan fingerprint density at radius 3 is 2.50 bits per heavy atom. The number of nitrogens with two attached hydrogens (primary N) is 2. The third kappa shape index (κ3) is 3.40. The second-order valence-electron chi connectivity index (χ2n) is 6.00. The van der Waals surface area contributed by atoms with Crippen LogP contribution in [0.15, 0.2) is 11.2 Å². The summed E-state index contributed by atoms with van der Waals surface area (Å²) in [5.74, 6) is 7.82. The van der Waals surface area contributed by atoms with Gasteiger partial charge in [-0.3, -0.25) is 0 Å². The molecule has 3 aromatic rings. The highest BCUT2D eigenvalue weighted by molar-refractivity contribution is 7.99. The van der Waals surface area contributed by atoms with Gasteiger partial charge < -0.3 is 16.5 Å². The maximum Gasteiger partial charge on any atom is 0.271 e. The van der Waals surface area contributed by atoms with Crippen LogP contribution in [-0.2, 0) is 0 Å². The summed E-state index contributed by atoms with van der Waals surface area (Å²) < 4.78 is 3.06. The number of hydrogen-bond donors (Lipinski definition) is 2. The van der Waals surface area contributed by atoms with Gasteiger partial charge >= 0.3 is 0 Å². The van der Waals surface area contributed by atoms with E-state index in [2.05, 4.69) is 30.2 Å². The normalized spacial score (nSPS) is 12.3. The molecule has 0 radical (unpaired) electrons.